The summed E-state index contributed by atoms with van der Waals surface area (Å²) >= 11 is 7.48. The molecule has 0 unspecified atom stereocenters. The molecular formula is C20H18ClF3N6OS. The maximum absolute atomic E-state index is 13.0. The molecule has 12 heteroatoms. The molecule has 2 aromatic heterocycles. The van der Waals surface area contributed by atoms with Crippen LogP contribution in [0.3, 0.4) is 0 Å². The molecule has 0 bridgehead atoms. The van der Waals surface area contributed by atoms with Gasteiger partial charge in [0.05, 0.1) is 34.5 Å². The second-order valence-corrected chi connectivity index (χ2v) is 8.07. The molecule has 0 saturated heterocycles. The molecule has 0 saturated carbocycles. The van der Waals surface area contributed by atoms with Gasteiger partial charge in [0.1, 0.15) is 5.15 Å². The number of aromatic nitrogens is 4. The van der Waals surface area contributed by atoms with Gasteiger partial charge in [0, 0.05) is 11.4 Å². The molecule has 2 heterocycles. The molecule has 3 aromatic rings. The van der Waals surface area contributed by atoms with E-state index in [4.69, 9.17) is 11.6 Å². The van der Waals surface area contributed by atoms with Crippen LogP contribution in [0.5, 0.6) is 0 Å². The number of hydrazone groups is 1. The van der Waals surface area contributed by atoms with Crippen LogP contribution in [-0.2, 0) is 11.0 Å². The van der Waals surface area contributed by atoms with Crippen LogP contribution in [0, 0.1) is 20.8 Å². The molecule has 32 heavy (non-hydrogen) atoms. The molecule has 168 valence electrons. The van der Waals surface area contributed by atoms with Crippen molar-refractivity contribution in [3.63, 3.8) is 0 Å². The van der Waals surface area contributed by atoms with Crippen LogP contribution < -0.4 is 5.43 Å². The Labute approximate surface area is 191 Å². The first-order valence-corrected chi connectivity index (χ1v) is 10.6. The smallest absolute Gasteiger partial charge is 0.272 e. The molecule has 0 radical (unpaired) electrons. The SMILES string of the molecule is Cc1cc(C)nc(SCC(=O)N/N=C/c2c(C)nn(-c3cccc(C(F)(F)F)c3)c2Cl)n1. The summed E-state index contributed by atoms with van der Waals surface area (Å²) in [5.41, 5.74) is 4.13. The van der Waals surface area contributed by atoms with E-state index in [1.165, 1.54) is 34.8 Å². The summed E-state index contributed by atoms with van der Waals surface area (Å²) in [5, 5.41) is 8.62. The second kappa shape index (κ2) is 9.70. The number of rotatable bonds is 6. The third-order valence-corrected chi connectivity index (χ3v) is 5.35. The van der Waals surface area contributed by atoms with E-state index >= 15 is 0 Å². The fourth-order valence-electron chi connectivity index (χ4n) is 2.73. The minimum absolute atomic E-state index is 0.0520. The normalized spacial score (nSPS) is 11.8. The van der Waals surface area contributed by atoms with E-state index < -0.39 is 11.7 Å². The second-order valence-electron chi connectivity index (χ2n) is 6.76. The average Bonchev–Trinajstić information content (AvgIpc) is 2.99. The van der Waals surface area contributed by atoms with Gasteiger partial charge in [-0.3, -0.25) is 4.79 Å². The summed E-state index contributed by atoms with van der Waals surface area (Å²) in [6.45, 7) is 5.32. The van der Waals surface area contributed by atoms with Gasteiger partial charge in [-0.25, -0.2) is 20.1 Å². The topological polar surface area (TPSA) is 85.1 Å². The predicted octanol–water partition coefficient (Wildman–Crippen LogP) is 4.50. The number of nitrogens with zero attached hydrogens (tertiary/aromatic N) is 5. The highest BCUT2D eigenvalue weighted by atomic mass is 35.5. The molecule has 3 rings (SSSR count). The number of halogens is 4. The highest BCUT2D eigenvalue weighted by Crippen LogP contribution is 2.31. The molecule has 1 N–H and O–H groups in total. The predicted molar refractivity (Wildman–Crippen MR) is 116 cm³/mol. The van der Waals surface area contributed by atoms with Crippen LogP contribution in [0.2, 0.25) is 5.15 Å². The minimum atomic E-state index is -4.49. The highest BCUT2D eigenvalue weighted by Gasteiger charge is 2.30. The van der Waals surface area contributed by atoms with Crippen molar-refractivity contribution in [3.05, 3.63) is 63.7 Å². The van der Waals surface area contributed by atoms with Crippen molar-refractivity contribution in [1.82, 2.24) is 25.2 Å². The Morgan fingerprint density at radius 1 is 1.22 bits per heavy atom. The molecule has 0 aliphatic heterocycles. The van der Waals surface area contributed by atoms with E-state index in [1.54, 1.807) is 6.92 Å². The van der Waals surface area contributed by atoms with Crippen molar-refractivity contribution >= 4 is 35.5 Å². The van der Waals surface area contributed by atoms with E-state index in [-0.39, 0.29) is 22.5 Å². The van der Waals surface area contributed by atoms with Crippen molar-refractivity contribution in [2.45, 2.75) is 32.1 Å². The summed E-state index contributed by atoms with van der Waals surface area (Å²) in [4.78, 5) is 20.5. The Balaban J connectivity index is 1.68. The number of hydrogen-bond donors (Lipinski definition) is 1. The lowest BCUT2D eigenvalue weighted by Gasteiger charge is -2.09. The molecule has 0 aliphatic carbocycles. The first kappa shape index (κ1) is 23.7. The zero-order valence-electron chi connectivity index (χ0n) is 17.2. The Kier molecular flexibility index (Phi) is 7.19. The summed E-state index contributed by atoms with van der Waals surface area (Å²) in [5.74, 6) is -0.329. The van der Waals surface area contributed by atoms with Crippen LogP contribution in [0.25, 0.3) is 5.69 Å². The Morgan fingerprint density at radius 2 is 1.91 bits per heavy atom. The van der Waals surface area contributed by atoms with Crippen molar-refractivity contribution < 1.29 is 18.0 Å². The van der Waals surface area contributed by atoms with Crippen molar-refractivity contribution in [2.24, 2.45) is 5.10 Å². The number of benzene rings is 1. The molecule has 1 aromatic carbocycles. The number of aryl methyl sites for hydroxylation is 3. The number of hydrogen-bond acceptors (Lipinski definition) is 6. The van der Waals surface area contributed by atoms with Crippen LogP contribution in [0.4, 0.5) is 13.2 Å². The number of carbonyl (C=O) groups is 1. The minimum Gasteiger partial charge on any atom is -0.272 e. The zero-order chi connectivity index (χ0) is 23.5. The Morgan fingerprint density at radius 3 is 2.56 bits per heavy atom. The lowest BCUT2D eigenvalue weighted by Crippen LogP contribution is -2.20. The number of carbonyl (C=O) groups excluding carboxylic acids is 1. The Hall–Kier alpha value is -2.92. The highest BCUT2D eigenvalue weighted by molar-refractivity contribution is 7.99. The van der Waals surface area contributed by atoms with E-state index in [1.807, 2.05) is 19.9 Å². The monoisotopic (exact) mass is 482 g/mol. The van der Waals surface area contributed by atoms with Gasteiger partial charge in [0.15, 0.2) is 5.16 Å². The van der Waals surface area contributed by atoms with Gasteiger partial charge in [-0.15, -0.1) is 0 Å². The van der Waals surface area contributed by atoms with Gasteiger partial charge >= 0.3 is 6.18 Å². The van der Waals surface area contributed by atoms with Gasteiger partial charge in [-0.1, -0.05) is 29.4 Å². The fourth-order valence-corrected chi connectivity index (χ4v) is 3.79. The van der Waals surface area contributed by atoms with E-state index in [2.05, 4.69) is 25.6 Å². The van der Waals surface area contributed by atoms with Crippen molar-refractivity contribution in [3.8, 4) is 5.69 Å². The van der Waals surface area contributed by atoms with Crippen molar-refractivity contribution in [2.75, 3.05) is 5.75 Å². The standard InChI is InChI=1S/C20H18ClF3N6OS/c1-11-7-12(2)27-19(26-11)32-10-17(31)28-25-9-16-13(3)29-30(18(16)21)15-6-4-5-14(8-15)20(22,23)24/h4-9H,10H2,1-3H3,(H,28,31)/b25-9+. The first-order valence-electron chi connectivity index (χ1n) is 9.24. The number of thioether (sulfide) groups is 1. The van der Waals surface area contributed by atoms with Crippen LogP contribution in [0.15, 0.2) is 40.6 Å². The lowest BCUT2D eigenvalue weighted by molar-refractivity contribution is -0.137. The lowest BCUT2D eigenvalue weighted by atomic mass is 10.2. The van der Waals surface area contributed by atoms with Gasteiger partial charge < -0.3 is 0 Å². The maximum atomic E-state index is 13.0. The van der Waals surface area contributed by atoms with Gasteiger partial charge in [0.2, 0.25) is 0 Å². The quantitative estimate of drug-likeness (QED) is 0.242. The molecule has 1 amide bonds. The number of amides is 1. The average molecular weight is 483 g/mol. The van der Waals surface area contributed by atoms with E-state index in [0.29, 0.717) is 16.4 Å². The van der Waals surface area contributed by atoms with Crippen LogP contribution in [0.1, 0.15) is 28.2 Å². The summed E-state index contributed by atoms with van der Waals surface area (Å²) in [6, 6.07) is 6.49. The Bertz CT molecular complexity index is 1160. The van der Waals surface area contributed by atoms with Gasteiger partial charge in [-0.05, 0) is 45.0 Å². The molecule has 0 atom stereocenters. The largest absolute Gasteiger partial charge is 0.416 e. The molecule has 0 spiro atoms. The molecule has 0 aliphatic rings. The van der Waals surface area contributed by atoms with E-state index in [0.717, 1.165) is 23.5 Å². The van der Waals surface area contributed by atoms with Crippen molar-refractivity contribution in [1.29, 1.82) is 0 Å². The molecule has 7 nitrogen and oxygen atoms in total. The van der Waals surface area contributed by atoms with Crippen LogP contribution >= 0.6 is 23.4 Å². The summed E-state index contributed by atoms with van der Waals surface area (Å²) in [6.07, 6.45) is -3.19. The van der Waals surface area contributed by atoms with Crippen LogP contribution in [-0.4, -0.2) is 37.6 Å². The number of nitrogens with one attached hydrogen (secondary N) is 1. The fraction of sp³-hybridized carbons (Fsp3) is 0.250. The molecule has 0 fully saturated rings. The molecular weight excluding hydrogens is 465 g/mol. The third-order valence-electron chi connectivity index (χ3n) is 4.14. The summed E-state index contributed by atoms with van der Waals surface area (Å²) in [7, 11) is 0. The van der Waals surface area contributed by atoms with E-state index in [9.17, 15) is 18.0 Å². The van der Waals surface area contributed by atoms with Gasteiger partial charge in [0.25, 0.3) is 5.91 Å². The number of alkyl halides is 3. The third kappa shape index (κ3) is 5.86. The zero-order valence-corrected chi connectivity index (χ0v) is 18.8. The first-order chi connectivity index (χ1) is 15.0. The maximum Gasteiger partial charge on any atom is 0.416 e. The van der Waals surface area contributed by atoms with Gasteiger partial charge in [-0.2, -0.15) is 23.4 Å². The summed E-state index contributed by atoms with van der Waals surface area (Å²) < 4.78 is 40.1.